The van der Waals surface area contributed by atoms with Crippen molar-refractivity contribution in [1.82, 2.24) is 9.88 Å². The molecule has 0 atom stereocenters. The minimum absolute atomic E-state index is 0.0468. The van der Waals surface area contributed by atoms with Gasteiger partial charge in [0.1, 0.15) is 12.4 Å². The van der Waals surface area contributed by atoms with E-state index in [4.69, 9.17) is 10.5 Å². The molecule has 7 heteroatoms. The number of primary amides is 1. The van der Waals surface area contributed by atoms with Crippen molar-refractivity contribution in [3.63, 3.8) is 0 Å². The average Bonchev–Trinajstić information content (AvgIpc) is 3.26. The number of rotatable bonds is 8. The number of benzene rings is 3. The number of aryl methyl sites for hydroxylation is 1. The summed E-state index contributed by atoms with van der Waals surface area (Å²) in [6, 6.07) is 17.3. The van der Waals surface area contributed by atoms with Gasteiger partial charge in [-0.25, -0.2) is 8.78 Å². The van der Waals surface area contributed by atoms with Crippen molar-refractivity contribution in [3.05, 3.63) is 106 Å². The first-order chi connectivity index (χ1) is 17.0. The maximum absolute atomic E-state index is 14.4. The van der Waals surface area contributed by atoms with Crippen molar-refractivity contribution < 1.29 is 18.3 Å². The van der Waals surface area contributed by atoms with E-state index >= 15 is 0 Å². The molecule has 5 nitrogen and oxygen atoms in total. The van der Waals surface area contributed by atoms with Gasteiger partial charge in [-0.3, -0.25) is 4.79 Å². The highest BCUT2D eigenvalue weighted by atomic mass is 19.1. The second-order valence-corrected chi connectivity index (χ2v) is 8.64. The van der Waals surface area contributed by atoms with E-state index in [9.17, 15) is 13.6 Å². The maximum atomic E-state index is 14.4. The zero-order valence-electron chi connectivity index (χ0n) is 19.1. The Hall–Kier alpha value is -4.13. The molecule has 0 spiro atoms. The Labute approximate surface area is 201 Å². The summed E-state index contributed by atoms with van der Waals surface area (Å²) >= 11 is 0. The minimum atomic E-state index is -0.636. The van der Waals surface area contributed by atoms with Crippen LogP contribution in [-0.4, -0.2) is 28.9 Å². The number of carbonyl (C=O) groups excluding carboxylic acids is 1. The van der Waals surface area contributed by atoms with Gasteiger partial charge < -0.3 is 20.4 Å². The number of carbonyl (C=O) groups is 1. The predicted molar refractivity (Wildman–Crippen MR) is 132 cm³/mol. The van der Waals surface area contributed by atoms with Gasteiger partial charge in [0.05, 0.1) is 11.3 Å². The molecular weight excluding hydrogens is 448 g/mol. The minimum Gasteiger partial charge on any atom is -0.484 e. The second-order valence-electron chi connectivity index (χ2n) is 8.64. The number of nitrogens with two attached hydrogens (primary N) is 1. The van der Waals surface area contributed by atoms with Crippen LogP contribution in [0.2, 0.25) is 0 Å². The molecule has 0 aliphatic carbocycles. The zero-order valence-corrected chi connectivity index (χ0v) is 19.1. The molecule has 3 N–H and O–H groups in total. The highest BCUT2D eigenvalue weighted by Crippen LogP contribution is 2.33. The van der Waals surface area contributed by atoms with Crippen LogP contribution in [0.5, 0.6) is 5.75 Å². The van der Waals surface area contributed by atoms with Crippen LogP contribution in [0.15, 0.2) is 72.6 Å². The number of ether oxygens (including phenoxy) is 1. The van der Waals surface area contributed by atoms with Crippen LogP contribution in [-0.2, 0) is 13.0 Å². The Bertz CT molecular complexity index is 1410. The van der Waals surface area contributed by atoms with Crippen LogP contribution < -0.4 is 10.5 Å². The molecule has 3 aromatic carbocycles. The molecule has 0 bridgehead atoms. The van der Waals surface area contributed by atoms with Gasteiger partial charge in [-0.2, -0.15) is 0 Å². The van der Waals surface area contributed by atoms with Crippen molar-refractivity contribution in [2.24, 2.45) is 5.73 Å². The molecule has 35 heavy (non-hydrogen) atoms. The summed E-state index contributed by atoms with van der Waals surface area (Å²) in [5.41, 5.74) is 10.0. The average molecular weight is 474 g/mol. The molecule has 1 aliphatic heterocycles. The van der Waals surface area contributed by atoms with Gasteiger partial charge in [0.2, 0.25) is 5.91 Å². The van der Waals surface area contributed by atoms with Gasteiger partial charge >= 0.3 is 0 Å². The summed E-state index contributed by atoms with van der Waals surface area (Å²) in [6.07, 6.45) is 5.27. The second kappa shape index (κ2) is 9.62. The lowest BCUT2D eigenvalue weighted by Gasteiger charge is -2.31. The van der Waals surface area contributed by atoms with Crippen molar-refractivity contribution in [1.29, 1.82) is 0 Å². The van der Waals surface area contributed by atoms with E-state index in [0.717, 1.165) is 40.6 Å². The molecule has 1 aromatic heterocycles. The molecule has 1 aliphatic rings. The van der Waals surface area contributed by atoms with Crippen LogP contribution in [0.4, 0.5) is 8.78 Å². The van der Waals surface area contributed by atoms with Gasteiger partial charge in [-0.05, 0) is 60.4 Å². The number of amides is 1. The van der Waals surface area contributed by atoms with Crippen molar-refractivity contribution >= 4 is 22.9 Å². The third-order valence-electron chi connectivity index (χ3n) is 6.31. The Morgan fingerprint density at radius 3 is 2.71 bits per heavy atom. The molecule has 1 amide bonds. The van der Waals surface area contributed by atoms with Crippen LogP contribution in [0, 0.1) is 11.6 Å². The molecule has 2 heterocycles. The normalized spacial score (nSPS) is 12.7. The molecule has 0 fully saturated rings. The summed E-state index contributed by atoms with van der Waals surface area (Å²) in [7, 11) is 0. The monoisotopic (exact) mass is 473 g/mol. The molecule has 0 radical (unpaired) electrons. The summed E-state index contributed by atoms with van der Waals surface area (Å²) in [6.45, 7) is 1.48. The van der Waals surface area contributed by atoms with Crippen LogP contribution >= 0.6 is 0 Å². The third kappa shape index (κ3) is 4.75. The SMILES string of the molecule is NC(=O)c1ccc(F)c2c1C=C(N(CCCc1c[nH]c3ccc(F)cc13)Cc1ccccc1)CO2. The van der Waals surface area contributed by atoms with E-state index in [-0.39, 0.29) is 23.7 Å². The number of aromatic amines is 1. The summed E-state index contributed by atoms with van der Waals surface area (Å²) in [4.78, 5) is 17.3. The van der Waals surface area contributed by atoms with Crippen LogP contribution in [0.25, 0.3) is 17.0 Å². The van der Waals surface area contributed by atoms with Crippen molar-refractivity contribution in [3.8, 4) is 5.75 Å². The smallest absolute Gasteiger partial charge is 0.249 e. The fourth-order valence-corrected chi connectivity index (χ4v) is 4.56. The number of hydrogen-bond donors (Lipinski definition) is 2. The van der Waals surface area contributed by atoms with Gasteiger partial charge in [-0.15, -0.1) is 0 Å². The van der Waals surface area contributed by atoms with E-state index < -0.39 is 11.7 Å². The number of H-pyrrole nitrogens is 1. The van der Waals surface area contributed by atoms with Crippen LogP contribution in [0.3, 0.4) is 0 Å². The molecule has 0 saturated carbocycles. The lowest BCUT2D eigenvalue weighted by atomic mass is 10.0. The quantitative estimate of drug-likeness (QED) is 0.359. The Balaban J connectivity index is 1.42. The first-order valence-corrected chi connectivity index (χ1v) is 11.5. The first-order valence-electron chi connectivity index (χ1n) is 11.5. The third-order valence-corrected chi connectivity index (χ3v) is 6.31. The predicted octanol–water partition coefficient (Wildman–Crippen LogP) is 5.41. The fourth-order valence-electron chi connectivity index (χ4n) is 4.56. The number of hydrogen-bond acceptors (Lipinski definition) is 3. The van der Waals surface area contributed by atoms with E-state index in [1.165, 1.54) is 18.2 Å². The number of nitrogens with one attached hydrogen (secondary N) is 1. The van der Waals surface area contributed by atoms with Gasteiger partial charge in [-0.1, -0.05) is 30.3 Å². The molecule has 178 valence electrons. The molecule has 0 saturated heterocycles. The van der Waals surface area contributed by atoms with Crippen LogP contribution in [0.1, 0.15) is 33.5 Å². The van der Waals surface area contributed by atoms with E-state index in [0.29, 0.717) is 18.7 Å². The highest BCUT2D eigenvalue weighted by Gasteiger charge is 2.24. The van der Waals surface area contributed by atoms with Crippen molar-refractivity contribution in [2.75, 3.05) is 13.2 Å². The molecule has 4 aromatic rings. The molecular formula is C28H25F2N3O2. The summed E-state index contributed by atoms with van der Waals surface area (Å²) < 4.78 is 33.9. The topological polar surface area (TPSA) is 71.4 Å². The van der Waals surface area contributed by atoms with Gasteiger partial charge in [0, 0.05) is 35.8 Å². The standard InChI is InChI=1S/C28H25F2N3O2/c29-20-8-11-26-23(13-20)19(15-32-26)7-4-12-33(16-18-5-2-1-3-6-18)21-14-24-22(28(31)34)9-10-25(30)27(24)35-17-21/h1-3,5-6,8-11,13-15,32H,4,7,12,16-17H2,(H2,31,34). The molecule has 5 rings (SSSR count). The zero-order chi connectivity index (χ0) is 24.4. The Kier molecular flexibility index (Phi) is 6.23. The maximum Gasteiger partial charge on any atom is 0.249 e. The molecule has 0 unspecified atom stereocenters. The number of fused-ring (bicyclic) bond motifs is 2. The van der Waals surface area contributed by atoms with E-state index in [1.54, 1.807) is 18.2 Å². The Morgan fingerprint density at radius 2 is 1.91 bits per heavy atom. The van der Waals surface area contributed by atoms with E-state index in [2.05, 4.69) is 9.88 Å². The first kappa shape index (κ1) is 22.7. The Morgan fingerprint density at radius 1 is 1.09 bits per heavy atom. The number of halogens is 2. The summed E-state index contributed by atoms with van der Waals surface area (Å²) in [5.74, 6) is -1.37. The van der Waals surface area contributed by atoms with E-state index in [1.807, 2.05) is 36.5 Å². The van der Waals surface area contributed by atoms with Gasteiger partial charge in [0.15, 0.2) is 11.6 Å². The van der Waals surface area contributed by atoms with Crippen molar-refractivity contribution in [2.45, 2.75) is 19.4 Å². The number of aromatic nitrogens is 1. The lowest BCUT2D eigenvalue weighted by molar-refractivity contribution is 0.0999. The number of nitrogens with zero attached hydrogens (tertiary/aromatic N) is 1. The largest absolute Gasteiger partial charge is 0.484 e. The summed E-state index contributed by atoms with van der Waals surface area (Å²) in [5, 5.41) is 0.885. The highest BCUT2D eigenvalue weighted by molar-refractivity contribution is 5.98. The lowest BCUT2D eigenvalue weighted by Crippen LogP contribution is -2.29. The fraction of sp³-hybridized carbons (Fsp3) is 0.179. The van der Waals surface area contributed by atoms with Gasteiger partial charge in [0.25, 0.3) is 0 Å².